The third-order valence-corrected chi connectivity index (χ3v) is 10.7. The van der Waals surface area contributed by atoms with Gasteiger partial charge in [0.15, 0.2) is 6.29 Å². The van der Waals surface area contributed by atoms with Gasteiger partial charge in [0.2, 0.25) is 0 Å². The highest BCUT2D eigenvalue weighted by atomic mass is 16.7. The molecule has 7 aliphatic rings. The molecule has 5 saturated carbocycles. The normalized spacial score (nSPS) is 59.6. The lowest BCUT2D eigenvalue weighted by atomic mass is 9.48. The maximum absolute atomic E-state index is 9.32. The van der Waals surface area contributed by atoms with Crippen molar-refractivity contribution in [3.63, 3.8) is 0 Å². The Kier molecular flexibility index (Phi) is 3.36. The molecule has 4 unspecified atom stereocenters. The molecule has 4 nitrogen and oxygen atoms in total. The van der Waals surface area contributed by atoms with Gasteiger partial charge in [-0.1, -0.05) is 23.7 Å². The molecule has 1 heterocycles. The van der Waals surface area contributed by atoms with E-state index in [9.17, 15) is 5.21 Å². The summed E-state index contributed by atoms with van der Waals surface area (Å²) < 4.78 is 12.4. The van der Waals surface area contributed by atoms with E-state index < -0.39 is 0 Å². The molecule has 1 aliphatic heterocycles. The lowest BCUT2D eigenvalue weighted by molar-refractivity contribution is -0.210. The molecule has 4 heteroatoms. The SMILES string of the molecule is CC[C@]12CCC3C(C1[C@@H]1C[C@@H]1[C@@]21C=CC(OC)O1)[C@H]1C[C@H]1C1=C/C(=N/O)CC[C@@H]13. The molecule has 0 aromatic rings. The number of oxime groups is 1. The fourth-order valence-electron chi connectivity index (χ4n) is 9.69. The average molecular weight is 396 g/mol. The summed E-state index contributed by atoms with van der Waals surface area (Å²) in [5.74, 6) is 6.53. The number of methoxy groups -OCH3 is 1. The fraction of sp³-hybridized carbons (Fsp3) is 0.800. The van der Waals surface area contributed by atoms with E-state index in [0.29, 0.717) is 5.41 Å². The molecule has 0 radical (unpaired) electrons. The van der Waals surface area contributed by atoms with Crippen molar-refractivity contribution in [1.82, 2.24) is 0 Å². The largest absolute Gasteiger partial charge is 0.411 e. The van der Waals surface area contributed by atoms with Crippen LogP contribution in [0.3, 0.4) is 0 Å². The quantitative estimate of drug-likeness (QED) is 0.415. The van der Waals surface area contributed by atoms with Gasteiger partial charge >= 0.3 is 0 Å². The molecular formula is C25H33NO3. The first kappa shape index (κ1) is 17.5. The van der Waals surface area contributed by atoms with Crippen molar-refractivity contribution in [3.05, 3.63) is 23.8 Å². The molecular weight excluding hydrogens is 362 g/mol. The molecule has 0 aromatic heterocycles. The van der Waals surface area contributed by atoms with Gasteiger partial charge in [-0.2, -0.15) is 0 Å². The topological polar surface area (TPSA) is 51.0 Å². The van der Waals surface area contributed by atoms with E-state index in [1.165, 1.54) is 38.5 Å². The molecule has 0 amide bonds. The molecule has 0 aromatic carbocycles. The zero-order valence-corrected chi connectivity index (χ0v) is 17.6. The van der Waals surface area contributed by atoms with Gasteiger partial charge in [-0.15, -0.1) is 0 Å². The molecule has 0 saturated heterocycles. The predicted octanol–water partition coefficient (Wildman–Crippen LogP) is 4.79. The molecule has 29 heavy (non-hydrogen) atoms. The Balaban J connectivity index is 1.29. The van der Waals surface area contributed by atoms with Crippen LogP contribution in [0, 0.1) is 52.8 Å². The Hall–Kier alpha value is -1.13. The Morgan fingerprint density at radius 2 is 2.10 bits per heavy atom. The lowest BCUT2D eigenvalue weighted by Crippen LogP contribution is -2.57. The minimum atomic E-state index is -0.153. The molecule has 156 valence electrons. The Labute approximate surface area is 173 Å². The zero-order chi connectivity index (χ0) is 19.5. The Bertz CT molecular complexity index is 847. The molecule has 7 rings (SSSR count). The third-order valence-electron chi connectivity index (χ3n) is 10.7. The standard InChI is InChI=1S/C25H33NO3/c1-3-24-8-6-15-14-5-4-13(26-27)10-16(14)17-11-18(17)22(15)23(24)19-12-20(19)25(24)9-7-21(28-2)29-25/h7,9-10,14-15,17-23,27H,3-6,8,11-12H2,1-2H3/b26-13+/t14-,15?,17+,18+,19-,20+,21?,22?,23?,24+,25+/m1/s1. The van der Waals surface area contributed by atoms with Crippen LogP contribution in [0.4, 0.5) is 0 Å². The van der Waals surface area contributed by atoms with Crippen LogP contribution >= 0.6 is 0 Å². The number of hydrogen-bond acceptors (Lipinski definition) is 4. The summed E-state index contributed by atoms with van der Waals surface area (Å²) in [6.07, 6.45) is 15.5. The summed E-state index contributed by atoms with van der Waals surface area (Å²) in [5, 5.41) is 12.9. The first-order valence-corrected chi connectivity index (χ1v) is 12.0. The fourth-order valence-corrected chi connectivity index (χ4v) is 9.69. The molecule has 0 bridgehead atoms. The summed E-state index contributed by atoms with van der Waals surface area (Å²) in [4.78, 5) is 0. The van der Waals surface area contributed by atoms with Crippen LogP contribution < -0.4 is 0 Å². The van der Waals surface area contributed by atoms with E-state index >= 15 is 0 Å². The molecule has 1 N–H and O–H groups in total. The summed E-state index contributed by atoms with van der Waals surface area (Å²) in [6.45, 7) is 2.43. The van der Waals surface area contributed by atoms with Crippen LogP contribution in [0.15, 0.2) is 29.0 Å². The predicted molar refractivity (Wildman–Crippen MR) is 109 cm³/mol. The van der Waals surface area contributed by atoms with E-state index in [0.717, 1.165) is 59.5 Å². The van der Waals surface area contributed by atoms with Crippen molar-refractivity contribution >= 4 is 5.71 Å². The lowest BCUT2D eigenvalue weighted by Gasteiger charge is -2.58. The average Bonchev–Trinajstić information content (AvgIpc) is 3.68. The highest BCUT2D eigenvalue weighted by Crippen LogP contribution is 2.81. The second-order valence-electron chi connectivity index (χ2n) is 11.1. The highest BCUT2D eigenvalue weighted by Gasteiger charge is 2.79. The maximum Gasteiger partial charge on any atom is 0.177 e. The van der Waals surface area contributed by atoms with Crippen LogP contribution in [-0.4, -0.2) is 29.9 Å². The minimum Gasteiger partial charge on any atom is -0.411 e. The maximum atomic E-state index is 9.32. The summed E-state index contributed by atoms with van der Waals surface area (Å²) in [5.41, 5.74) is 2.81. The Morgan fingerprint density at radius 1 is 1.21 bits per heavy atom. The van der Waals surface area contributed by atoms with Crippen LogP contribution in [-0.2, 0) is 9.47 Å². The van der Waals surface area contributed by atoms with Gasteiger partial charge in [0.25, 0.3) is 0 Å². The van der Waals surface area contributed by atoms with E-state index in [2.05, 4.69) is 30.3 Å². The van der Waals surface area contributed by atoms with Crippen molar-refractivity contribution in [2.75, 3.05) is 7.11 Å². The van der Waals surface area contributed by atoms with E-state index in [-0.39, 0.29) is 11.9 Å². The van der Waals surface area contributed by atoms with Crippen molar-refractivity contribution in [2.24, 2.45) is 57.9 Å². The number of hydrogen-bond donors (Lipinski definition) is 1. The van der Waals surface area contributed by atoms with Crippen molar-refractivity contribution < 1.29 is 14.7 Å². The summed E-state index contributed by atoms with van der Waals surface area (Å²) in [6, 6.07) is 0. The van der Waals surface area contributed by atoms with E-state index in [1.54, 1.807) is 12.7 Å². The third kappa shape index (κ3) is 1.93. The zero-order valence-electron chi connectivity index (χ0n) is 17.6. The smallest absolute Gasteiger partial charge is 0.177 e. The van der Waals surface area contributed by atoms with Crippen LogP contribution in [0.2, 0.25) is 0 Å². The van der Waals surface area contributed by atoms with Crippen LogP contribution in [0.1, 0.15) is 51.9 Å². The number of rotatable bonds is 2. The van der Waals surface area contributed by atoms with Gasteiger partial charge in [0, 0.05) is 12.5 Å². The van der Waals surface area contributed by atoms with Gasteiger partial charge in [-0.25, -0.2) is 0 Å². The first-order valence-electron chi connectivity index (χ1n) is 12.0. The molecule has 1 spiro atoms. The van der Waals surface area contributed by atoms with Crippen LogP contribution in [0.5, 0.6) is 0 Å². The van der Waals surface area contributed by atoms with Gasteiger partial charge < -0.3 is 14.7 Å². The van der Waals surface area contributed by atoms with E-state index in [4.69, 9.17) is 9.47 Å². The van der Waals surface area contributed by atoms with Crippen LogP contribution in [0.25, 0.3) is 0 Å². The summed E-state index contributed by atoms with van der Waals surface area (Å²) in [7, 11) is 1.77. The second kappa shape index (κ2) is 5.56. The van der Waals surface area contributed by atoms with Crippen molar-refractivity contribution in [1.29, 1.82) is 0 Å². The van der Waals surface area contributed by atoms with Crippen molar-refractivity contribution in [3.8, 4) is 0 Å². The molecule has 5 fully saturated rings. The number of fused-ring (bicyclic) bond motifs is 12. The number of nitrogens with zero attached hydrogens (tertiary/aromatic N) is 1. The van der Waals surface area contributed by atoms with Gasteiger partial charge in [-0.05, 0) is 104 Å². The number of allylic oxidation sites excluding steroid dienone is 2. The molecule has 6 aliphatic carbocycles. The van der Waals surface area contributed by atoms with Gasteiger partial charge in [0.05, 0.1) is 11.3 Å². The highest BCUT2D eigenvalue weighted by molar-refractivity contribution is 5.96. The first-order chi connectivity index (χ1) is 14.2. The van der Waals surface area contributed by atoms with Gasteiger partial charge in [-0.3, -0.25) is 0 Å². The summed E-state index contributed by atoms with van der Waals surface area (Å²) >= 11 is 0. The van der Waals surface area contributed by atoms with Gasteiger partial charge in [0.1, 0.15) is 0 Å². The van der Waals surface area contributed by atoms with Crippen molar-refractivity contribution in [2.45, 2.75) is 63.8 Å². The minimum absolute atomic E-state index is 0.0630. The van der Waals surface area contributed by atoms with E-state index in [1.807, 2.05) is 0 Å². The monoisotopic (exact) mass is 395 g/mol. The Morgan fingerprint density at radius 3 is 2.86 bits per heavy atom. The second-order valence-corrected chi connectivity index (χ2v) is 11.1. The number of ether oxygens (including phenoxy) is 2. The molecule has 11 atom stereocenters.